The highest BCUT2D eigenvalue weighted by atomic mass is 15.1. The lowest BCUT2D eigenvalue weighted by Crippen LogP contribution is -2.06. The Hall–Kier alpha value is -1.32. The van der Waals surface area contributed by atoms with E-state index in [4.69, 9.17) is 0 Å². The average Bonchev–Trinajstić information content (AvgIpc) is 2.28. The van der Waals surface area contributed by atoms with Crippen LogP contribution in [-0.2, 0) is 0 Å². The molecule has 2 N–H and O–H groups in total. The minimum absolute atomic E-state index is 0.677. The van der Waals surface area contributed by atoms with Crippen molar-refractivity contribution in [2.24, 2.45) is 0 Å². The first-order valence-electron chi connectivity index (χ1n) is 6.03. The molecule has 1 heterocycles. The monoisotopic (exact) mass is 222 g/mol. The number of rotatable bonds is 7. The molecular weight excluding hydrogens is 200 g/mol. The van der Waals surface area contributed by atoms with Crippen LogP contribution in [0, 0.1) is 6.92 Å². The normalized spacial score (nSPS) is 10.2. The number of unbranched alkanes of at least 4 members (excludes halogenated alkanes) is 3. The summed E-state index contributed by atoms with van der Waals surface area (Å²) >= 11 is 0. The zero-order valence-corrected chi connectivity index (χ0v) is 10.5. The van der Waals surface area contributed by atoms with Gasteiger partial charge in [0.05, 0.1) is 0 Å². The molecular formula is C12H22N4. The standard InChI is InChI=1S/C12H22N4/c1-4-5-6-7-8-14-11-9-10(2)15-12(13-3)16-11/h9H,4-8H2,1-3H3,(H2,13,14,15,16). The summed E-state index contributed by atoms with van der Waals surface area (Å²) in [4.78, 5) is 8.58. The largest absolute Gasteiger partial charge is 0.370 e. The Morgan fingerprint density at radius 3 is 2.69 bits per heavy atom. The van der Waals surface area contributed by atoms with Crippen LogP contribution in [0.4, 0.5) is 11.8 Å². The van der Waals surface area contributed by atoms with E-state index in [0.717, 1.165) is 18.1 Å². The lowest BCUT2D eigenvalue weighted by atomic mass is 10.2. The summed E-state index contributed by atoms with van der Waals surface area (Å²) < 4.78 is 0. The van der Waals surface area contributed by atoms with Crippen LogP contribution in [0.15, 0.2) is 6.07 Å². The molecule has 0 aliphatic heterocycles. The molecule has 1 aromatic heterocycles. The molecule has 1 rings (SSSR count). The summed E-state index contributed by atoms with van der Waals surface area (Å²) in [6, 6.07) is 1.97. The summed E-state index contributed by atoms with van der Waals surface area (Å²) in [5.74, 6) is 1.59. The molecule has 0 aliphatic carbocycles. The third-order valence-electron chi connectivity index (χ3n) is 2.41. The fourth-order valence-electron chi connectivity index (χ4n) is 1.54. The summed E-state index contributed by atoms with van der Waals surface area (Å²) in [5.41, 5.74) is 0.982. The van der Waals surface area contributed by atoms with Crippen molar-refractivity contribution in [2.75, 3.05) is 24.2 Å². The Morgan fingerprint density at radius 1 is 1.19 bits per heavy atom. The van der Waals surface area contributed by atoms with Crippen LogP contribution in [0.25, 0.3) is 0 Å². The van der Waals surface area contributed by atoms with Gasteiger partial charge >= 0.3 is 0 Å². The first kappa shape index (κ1) is 12.7. The highest BCUT2D eigenvalue weighted by Gasteiger charge is 1.99. The topological polar surface area (TPSA) is 49.8 Å². The maximum atomic E-state index is 4.34. The smallest absolute Gasteiger partial charge is 0.224 e. The van der Waals surface area contributed by atoms with Crippen molar-refractivity contribution < 1.29 is 0 Å². The number of aryl methyl sites for hydroxylation is 1. The van der Waals surface area contributed by atoms with E-state index < -0.39 is 0 Å². The Labute approximate surface area is 97.9 Å². The van der Waals surface area contributed by atoms with Gasteiger partial charge in [-0.15, -0.1) is 0 Å². The van der Waals surface area contributed by atoms with Crippen LogP contribution < -0.4 is 10.6 Å². The van der Waals surface area contributed by atoms with Gasteiger partial charge in [-0.25, -0.2) is 4.98 Å². The van der Waals surface area contributed by atoms with Crippen LogP contribution >= 0.6 is 0 Å². The van der Waals surface area contributed by atoms with Gasteiger partial charge in [0.25, 0.3) is 0 Å². The van der Waals surface area contributed by atoms with E-state index in [1.807, 2.05) is 20.0 Å². The van der Waals surface area contributed by atoms with Crippen molar-refractivity contribution >= 4 is 11.8 Å². The molecule has 0 radical (unpaired) electrons. The van der Waals surface area contributed by atoms with Gasteiger partial charge in [-0.2, -0.15) is 4.98 Å². The first-order valence-corrected chi connectivity index (χ1v) is 6.03. The number of anilines is 2. The molecule has 90 valence electrons. The second-order valence-electron chi connectivity index (χ2n) is 3.96. The minimum atomic E-state index is 0.677. The van der Waals surface area contributed by atoms with Crippen LogP contribution in [0.5, 0.6) is 0 Å². The Balaban J connectivity index is 2.38. The Bertz CT molecular complexity index is 312. The molecule has 0 saturated heterocycles. The molecule has 0 spiro atoms. The van der Waals surface area contributed by atoms with Gasteiger partial charge in [-0.05, 0) is 13.3 Å². The zero-order valence-electron chi connectivity index (χ0n) is 10.5. The molecule has 16 heavy (non-hydrogen) atoms. The van der Waals surface area contributed by atoms with E-state index >= 15 is 0 Å². The average molecular weight is 222 g/mol. The maximum absolute atomic E-state index is 4.34. The summed E-state index contributed by atoms with van der Waals surface area (Å²) in [6.07, 6.45) is 5.07. The van der Waals surface area contributed by atoms with Crippen molar-refractivity contribution in [3.05, 3.63) is 11.8 Å². The van der Waals surface area contributed by atoms with Crippen molar-refractivity contribution in [3.8, 4) is 0 Å². The summed E-state index contributed by atoms with van der Waals surface area (Å²) in [5, 5.41) is 6.28. The number of nitrogens with one attached hydrogen (secondary N) is 2. The van der Waals surface area contributed by atoms with Gasteiger partial charge in [-0.1, -0.05) is 26.2 Å². The highest BCUT2D eigenvalue weighted by Crippen LogP contribution is 2.09. The van der Waals surface area contributed by atoms with E-state index in [-0.39, 0.29) is 0 Å². The summed E-state index contributed by atoms with van der Waals surface area (Å²) in [7, 11) is 1.83. The molecule has 0 saturated carbocycles. The van der Waals surface area contributed by atoms with Gasteiger partial charge in [0.2, 0.25) is 5.95 Å². The lowest BCUT2D eigenvalue weighted by molar-refractivity contribution is 0.684. The second-order valence-corrected chi connectivity index (χ2v) is 3.96. The first-order chi connectivity index (χ1) is 7.76. The number of aromatic nitrogens is 2. The fraction of sp³-hybridized carbons (Fsp3) is 0.667. The lowest BCUT2D eigenvalue weighted by Gasteiger charge is -2.07. The Morgan fingerprint density at radius 2 is 2.00 bits per heavy atom. The van der Waals surface area contributed by atoms with E-state index in [2.05, 4.69) is 27.5 Å². The summed E-state index contributed by atoms with van der Waals surface area (Å²) in [6.45, 7) is 5.19. The SMILES string of the molecule is CCCCCCNc1cc(C)nc(NC)n1. The van der Waals surface area contributed by atoms with Crippen molar-refractivity contribution in [2.45, 2.75) is 39.5 Å². The van der Waals surface area contributed by atoms with Crippen molar-refractivity contribution in [3.63, 3.8) is 0 Å². The Kier molecular flexibility index (Phi) is 5.61. The van der Waals surface area contributed by atoms with E-state index in [0.29, 0.717) is 5.95 Å². The van der Waals surface area contributed by atoms with Crippen LogP contribution in [0.2, 0.25) is 0 Å². The number of nitrogens with zero attached hydrogens (tertiary/aromatic N) is 2. The molecule has 0 unspecified atom stereocenters. The van der Waals surface area contributed by atoms with Crippen molar-refractivity contribution in [1.29, 1.82) is 0 Å². The van der Waals surface area contributed by atoms with Gasteiger partial charge < -0.3 is 10.6 Å². The van der Waals surface area contributed by atoms with Crippen LogP contribution in [0.1, 0.15) is 38.3 Å². The van der Waals surface area contributed by atoms with E-state index in [1.165, 1.54) is 25.7 Å². The molecule has 0 aromatic carbocycles. The fourth-order valence-corrected chi connectivity index (χ4v) is 1.54. The molecule has 4 heteroatoms. The number of hydrogen-bond donors (Lipinski definition) is 2. The quantitative estimate of drug-likeness (QED) is 0.696. The minimum Gasteiger partial charge on any atom is -0.370 e. The molecule has 0 aliphatic rings. The van der Waals surface area contributed by atoms with Crippen LogP contribution in [-0.4, -0.2) is 23.6 Å². The van der Waals surface area contributed by atoms with E-state index in [9.17, 15) is 0 Å². The van der Waals surface area contributed by atoms with Gasteiger partial charge in [0.15, 0.2) is 0 Å². The predicted molar refractivity (Wildman–Crippen MR) is 68.9 cm³/mol. The van der Waals surface area contributed by atoms with Gasteiger partial charge in [0, 0.05) is 25.4 Å². The molecule has 0 fully saturated rings. The second kappa shape index (κ2) is 7.04. The molecule has 4 nitrogen and oxygen atoms in total. The predicted octanol–water partition coefficient (Wildman–Crippen LogP) is 2.82. The maximum Gasteiger partial charge on any atom is 0.224 e. The highest BCUT2D eigenvalue weighted by molar-refractivity contribution is 5.41. The molecule has 0 bridgehead atoms. The zero-order chi connectivity index (χ0) is 11.8. The number of hydrogen-bond acceptors (Lipinski definition) is 4. The molecule has 0 atom stereocenters. The third kappa shape index (κ3) is 4.47. The van der Waals surface area contributed by atoms with Gasteiger partial charge in [-0.3, -0.25) is 0 Å². The third-order valence-corrected chi connectivity index (χ3v) is 2.41. The van der Waals surface area contributed by atoms with E-state index in [1.54, 1.807) is 0 Å². The molecule has 1 aromatic rings. The van der Waals surface area contributed by atoms with Crippen LogP contribution in [0.3, 0.4) is 0 Å². The molecule has 0 amide bonds. The van der Waals surface area contributed by atoms with Gasteiger partial charge in [0.1, 0.15) is 5.82 Å². The van der Waals surface area contributed by atoms with Crippen molar-refractivity contribution in [1.82, 2.24) is 9.97 Å².